The van der Waals surface area contributed by atoms with Crippen molar-refractivity contribution in [2.24, 2.45) is 4.99 Å². The number of carbonyl (C=O) groups excluding carboxylic acids is 1. The highest BCUT2D eigenvalue weighted by molar-refractivity contribution is 14.0. The minimum Gasteiger partial charge on any atom is -0.357 e. The highest BCUT2D eigenvalue weighted by atomic mass is 127. The number of hydrogen-bond acceptors (Lipinski definition) is 3. The van der Waals surface area contributed by atoms with Gasteiger partial charge in [0.2, 0.25) is 5.91 Å². The van der Waals surface area contributed by atoms with Gasteiger partial charge in [-0.05, 0) is 56.2 Å². The number of benzene rings is 2. The molecule has 0 fully saturated rings. The Kier molecular flexibility index (Phi) is 9.70. The molecule has 0 spiro atoms. The first kappa shape index (κ1) is 25.4. The molecule has 0 unspecified atom stereocenters. The van der Waals surface area contributed by atoms with Crippen LogP contribution in [-0.4, -0.2) is 28.2 Å². The van der Waals surface area contributed by atoms with E-state index in [9.17, 15) is 4.79 Å². The fourth-order valence-corrected chi connectivity index (χ4v) is 3.38. The van der Waals surface area contributed by atoms with Gasteiger partial charge in [-0.2, -0.15) is 5.10 Å². The zero-order valence-corrected chi connectivity index (χ0v) is 21.3. The number of aliphatic imine (C=N–C) groups is 1. The number of guanidine groups is 1. The summed E-state index contributed by atoms with van der Waals surface area (Å²) >= 11 is 0. The van der Waals surface area contributed by atoms with E-state index in [-0.39, 0.29) is 29.9 Å². The third kappa shape index (κ3) is 7.08. The molecule has 0 saturated heterocycles. The van der Waals surface area contributed by atoms with Crippen molar-refractivity contribution in [3.63, 3.8) is 0 Å². The molecule has 0 bridgehead atoms. The van der Waals surface area contributed by atoms with Gasteiger partial charge in [-0.1, -0.05) is 30.3 Å². The minimum absolute atomic E-state index is 0. The lowest BCUT2D eigenvalue weighted by atomic mass is 10.1. The van der Waals surface area contributed by atoms with Crippen LogP contribution in [0.25, 0.3) is 5.69 Å². The fraction of sp³-hybridized carbons (Fsp3) is 0.292. The van der Waals surface area contributed by atoms with Crippen LogP contribution in [0.2, 0.25) is 0 Å². The predicted octanol–water partition coefficient (Wildman–Crippen LogP) is 4.32. The van der Waals surface area contributed by atoms with Crippen LogP contribution < -0.4 is 16.0 Å². The summed E-state index contributed by atoms with van der Waals surface area (Å²) in [7, 11) is 0. The van der Waals surface area contributed by atoms with Gasteiger partial charge in [0.05, 0.1) is 17.9 Å². The molecule has 32 heavy (non-hydrogen) atoms. The van der Waals surface area contributed by atoms with E-state index in [1.807, 2.05) is 54.9 Å². The average molecular weight is 546 g/mol. The van der Waals surface area contributed by atoms with Crippen molar-refractivity contribution >= 4 is 41.5 Å². The van der Waals surface area contributed by atoms with Gasteiger partial charge in [-0.3, -0.25) is 4.79 Å². The summed E-state index contributed by atoms with van der Waals surface area (Å²) in [5, 5.41) is 14.1. The van der Waals surface area contributed by atoms with Crippen LogP contribution >= 0.6 is 24.0 Å². The molecule has 2 aromatic carbocycles. The summed E-state index contributed by atoms with van der Waals surface area (Å²) < 4.78 is 1.98. The SMILES string of the molecule is CCNC(=NCc1cccc(NC(C)=O)c1)NCc1ccccc1-n1nc(C)cc1C.I. The molecule has 1 heterocycles. The highest BCUT2D eigenvalue weighted by Gasteiger charge is 2.09. The van der Waals surface area contributed by atoms with Gasteiger partial charge in [0, 0.05) is 31.4 Å². The Morgan fingerprint density at radius 1 is 1.06 bits per heavy atom. The summed E-state index contributed by atoms with van der Waals surface area (Å²) in [5.41, 5.74) is 6.08. The number of nitrogens with one attached hydrogen (secondary N) is 3. The number of aromatic nitrogens is 2. The van der Waals surface area contributed by atoms with Crippen molar-refractivity contribution in [1.29, 1.82) is 0 Å². The predicted molar refractivity (Wildman–Crippen MR) is 141 cm³/mol. The van der Waals surface area contributed by atoms with Crippen LogP contribution in [0, 0.1) is 13.8 Å². The molecule has 1 aromatic heterocycles. The molecule has 8 heteroatoms. The summed E-state index contributed by atoms with van der Waals surface area (Å²) in [6.45, 7) is 9.48. The summed E-state index contributed by atoms with van der Waals surface area (Å²) in [6.07, 6.45) is 0. The Balaban J connectivity index is 0.00000363. The molecule has 7 nitrogen and oxygen atoms in total. The van der Waals surface area contributed by atoms with Gasteiger partial charge < -0.3 is 16.0 Å². The lowest BCUT2D eigenvalue weighted by molar-refractivity contribution is -0.114. The molecule has 170 valence electrons. The molecule has 1 amide bonds. The van der Waals surface area contributed by atoms with Crippen LogP contribution in [0.15, 0.2) is 59.6 Å². The van der Waals surface area contributed by atoms with Crippen molar-refractivity contribution in [3.05, 3.63) is 77.1 Å². The topological polar surface area (TPSA) is 83.3 Å². The zero-order valence-electron chi connectivity index (χ0n) is 19.0. The van der Waals surface area contributed by atoms with Crippen LogP contribution in [-0.2, 0) is 17.9 Å². The van der Waals surface area contributed by atoms with Crippen LogP contribution in [0.3, 0.4) is 0 Å². The Bertz CT molecular complexity index is 1080. The van der Waals surface area contributed by atoms with Gasteiger partial charge in [0.25, 0.3) is 0 Å². The molecular weight excluding hydrogens is 515 g/mol. The monoisotopic (exact) mass is 546 g/mol. The van der Waals surface area contributed by atoms with E-state index >= 15 is 0 Å². The Labute approximate surface area is 206 Å². The second kappa shape index (κ2) is 12.2. The molecule has 3 N–H and O–H groups in total. The molecule has 0 aliphatic rings. The lowest BCUT2D eigenvalue weighted by Gasteiger charge is -2.15. The fourth-order valence-electron chi connectivity index (χ4n) is 3.38. The maximum Gasteiger partial charge on any atom is 0.221 e. The molecule has 3 aromatic rings. The Hall–Kier alpha value is -2.88. The molecular formula is C24H31IN6O. The number of aryl methyl sites for hydroxylation is 2. The smallest absolute Gasteiger partial charge is 0.221 e. The van der Waals surface area contributed by atoms with Crippen LogP contribution in [0.1, 0.15) is 36.4 Å². The summed E-state index contributed by atoms with van der Waals surface area (Å²) in [6, 6.07) is 18.0. The van der Waals surface area contributed by atoms with Gasteiger partial charge in [0.15, 0.2) is 5.96 Å². The van der Waals surface area contributed by atoms with Crippen molar-refractivity contribution in [2.45, 2.75) is 40.8 Å². The third-order valence-corrected chi connectivity index (χ3v) is 4.69. The average Bonchev–Trinajstić information content (AvgIpc) is 3.08. The van der Waals surface area contributed by atoms with E-state index in [4.69, 9.17) is 4.99 Å². The maximum absolute atomic E-state index is 11.3. The van der Waals surface area contributed by atoms with Gasteiger partial charge in [-0.15, -0.1) is 24.0 Å². The number of amides is 1. The molecule has 0 atom stereocenters. The number of rotatable bonds is 7. The normalized spacial score (nSPS) is 10.9. The van der Waals surface area contributed by atoms with E-state index in [2.05, 4.69) is 46.2 Å². The maximum atomic E-state index is 11.3. The number of para-hydroxylation sites is 1. The third-order valence-electron chi connectivity index (χ3n) is 4.69. The Morgan fingerprint density at radius 3 is 2.53 bits per heavy atom. The molecule has 0 radical (unpaired) electrons. The van der Waals surface area contributed by atoms with Crippen LogP contribution in [0.5, 0.6) is 0 Å². The van der Waals surface area contributed by atoms with Gasteiger partial charge >= 0.3 is 0 Å². The van der Waals surface area contributed by atoms with Gasteiger partial charge in [-0.25, -0.2) is 9.67 Å². The molecule has 0 aliphatic carbocycles. The second-order valence-corrected chi connectivity index (χ2v) is 7.40. The van der Waals surface area contributed by atoms with Gasteiger partial charge in [0.1, 0.15) is 0 Å². The van der Waals surface area contributed by atoms with E-state index in [1.165, 1.54) is 6.92 Å². The quantitative estimate of drug-likeness (QED) is 0.234. The Morgan fingerprint density at radius 2 is 1.84 bits per heavy atom. The second-order valence-electron chi connectivity index (χ2n) is 7.40. The van der Waals surface area contributed by atoms with E-state index in [0.717, 1.165) is 46.4 Å². The van der Waals surface area contributed by atoms with E-state index < -0.39 is 0 Å². The van der Waals surface area contributed by atoms with E-state index in [1.54, 1.807) is 0 Å². The zero-order chi connectivity index (χ0) is 22.2. The summed E-state index contributed by atoms with van der Waals surface area (Å²) in [4.78, 5) is 16.0. The molecule has 0 saturated carbocycles. The van der Waals surface area contributed by atoms with Crippen molar-refractivity contribution in [2.75, 3.05) is 11.9 Å². The summed E-state index contributed by atoms with van der Waals surface area (Å²) in [5.74, 6) is 0.646. The number of nitrogens with zero attached hydrogens (tertiary/aromatic N) is 3. The molecule has 0 aliphatic heterocycles. The minimum atomic E-state index is -0.0862. The number of anilines is 1. The number of carbonyl (C=O) groups is 1. The van der Waals surface area contributed by atoms with Crippen LogP contribution in [0.4, 0.5) is 5.69 Å². The first-order valence-electron chi connectivity index (χ1n) is 10.5. The first-order chi connectivity index (χ1) is 15.0. The first-order valence-corrected chi connectivity index (χ1v) is 10.5. The largest absolute Gasteiger partial charge is 0.357 e. The van der Waals surface area contributed by atoms with Crippen molar-refractivity contribution in [1.82, 2.24) is 20.4 Å². The lowest BCUT2D eigenvalue weighted by Crippen LogP contribution is -2.37. The molecule has 3 rings (SSSR count). The standard InChI is InChI=1S/C24H30N6O.HI/c1-5-25-24(26-15-20-9-8-11-22(14-20)28-19(4)31)27-16-21-10-6-7-12-23(21)30-18(3)13-17(2)29-30;/h6-14H,5,15-16H2,1-4H3,(H,28,31)(H2,25,26,27);1H. The van der Waals surface area contributed by atoms with Crippen molar-refractivity contribution in [3.8, 4) is 5.69 Å². The highest BCUT2D eigenvalue weighted by Crippen LogP contribution is 2.17. The van der Waals surface area contributed by atoms with E-state index in [0.29, 0.717) is 13.1 Å². The number of halogens is 1. The van der Waals surface area contributed by atoms with Crippen molar-refractivity contribution < 1.29 is 4.79 Å². The number of hydrogen-bond donors (Lipinski definition) is 3.